The molecular weight excluding hydrogens is 322 g/mol. The number of hydrogen-bond acceptors (Lipinski definition) is 4. The standard InChI is InChI=1S/C18H25N3O2S/c1-13(22)15-8-5-6-10-20(15)18(23)11-21-16-9-4-3-7-14(16)19-17(21)12-24-2/h3-4,7,9,13,15,22H,5-6,8,10-12H2,1-2H3. The number of aliphatic hydroxyl groups excluding tert-OH is 1. The van der Waals surface area contributed by atoms with E-state index in [2.05, 4.69) is 4.98 Å². The van der Waals surface area contributed by atoms with Crippen molar-refractivity contribution in [1.29, 1.82) is 0 Å². The van der Waals surface area contributed by atoms with Crippen LogP contribution in [0.2, 0.25) is 0 Å². The van der Waals surface area contributed by atoms with Crippen molar-refractivity contribution in [2.75, 3.05) is 12.8 Å². The second-order valence-corrected chi connectivity index (χ2v) is 7.29. The maximum atomic E-state index is 12.9. The largest absolute Gasteiger partial charge is 0.391 e. The zero-order valence-electron chi connectivity index (χ0n) is 14.3. The van der Waals surface area contributed by atoms with E-state index in [-0.39, 0.29) is 11.9 Å². The lowest BCUT2D eigenvalue weighted by molar-refractivity contribution is -0.138. The van der Waals surface area contributed by atoms with E-state index in [1.807, 2.05) is 40.0 Å². The molecule has 1 fully saturated rings. The van der Waals surface area contributed by atoms with Crippen LogP contribution in [0.5, 0.6) is 0 Å². The first-order valence-corrected chi connectivity index (χ1v) is 9.92. The molecule has 0 spiro atoms. The van der Waals surface area contributed by atoms with Gasteiger partial charge in [0.1, 0.15) is 12.4 Å². The predicted octanol–water partition coefficient (Wildman–Crippen LogP) is 2.66. The second-order valence-electron chi connectivity index (χ2n) is 6.43. The van der Waals surface area contributed by atoms with Crippen molar-refractivity contribution in [3.8, 4) is 0 Å². The molecule has 1 aromatic heterocycles. The summed E-state index contributed by atoms with van der Waals surface area (Å²) < 4.78 is 2.03. The SMILES string of the molecule is CSCc1nc2ccccc2n1CC(=O)N1CCCCC1C(C)O. The summed E-state index contributed by atoms with van der Waals surface area (Å²) in [7, 11) is 0. The van der Waals surface area contributed by atoms with Crippen LogP contribution in [0.4, 0.5) is 0 Å². The first kappa shape index (κ1) is 17.3. The lowest BCUT2D eigenvalue weighted by Crippen LogP contribution is -2.50. The number of aliphatic hydroxyl groups is 1. The van der Waals surface area contributed by atoms with Gasteiger partial charge in [0.25, 0.3) is 0 Å². The summed E-state index contributed by atoms with van der Waals surface area (Å²) in [5, 5.41) is 10.0. The number of carbonyl (C=O) groups excluding carboxylic acids is 1. The Hall–Kier alpha value is -1.53. The Morgan fingerprint density at radius 1 is 1.42 bits per heavy atom. The van der Waals surface area contributed by atoms with Gasteiger partial charge in [0.15, 0.2) is 0 Å². The quantitative estimate of drug-likeness (QED) is 0.903. The van der Waals surface area contributed by atoms with Gasteiger partial charge in [-0.15, -0.1) is 0 Å². The van der Waals surface area contributed by atoms with Gasteiger partial charge in [-0.2, -0.15) is 11.8 Å². The van der Waals surface area contributed by atoms with Crippen LogP contribution < -0.4 is 0 Å². The highest BCUT2D eigenvalue weighted by Crippen LogP contribution is 2.23. The van der Waals surface area contributed by atoms with E-state index >= 15 is 0 Å². The number of carbonyl (C=O) groups is 1. The highest BCUT2D eigenvalue weighted by molar-refractivity contribution is 7.97. The number of para-hydroxylation sites is 2. The maximum absolute atomic E-state index is 12.9. The van der Waals surface area contributed by atoms with Crippen LogP contribution >= 0.6 is 11.8 Å². The molecular formula is C18H25N3O2S. The van der Waals surface area contributed by atoms with Crippen molar-refractivity contribution in [2.45, 2.75) is 50.6 Å². The van der Waals surface area contributed by atoms with Crippen molar-refractivity contribution in [3.05, 3.63) is 30.1 Å². The Bertz CT molecular complexity index is 713. The van der Waals surface area contributed by atoms with Gasteiger partial charge in [-0.25, -0.2) is 4.98 Å². The molecule has 1 amide bonds. The maximum Gasteiger partial charge on any atom is 0.242 e. The first-order valence-electron chi connectivity index (χ1n) is 8.52. The molecule has 5 nitrogen and oxygen atoms in total. The topological polar surface area (TPSA) is 58.4 Å². The molecule has 130 valence electrons. The lowest BCUT2D eigenvalue weighted by Gasteiger charge is -2.37. The molecule has 1 N–H and O–H groups in total. The average Bonchev–Trinajstić information content (AvgIpc) is 2.93. The van der Waals surface area contributed by atoms with Crippen molar-refractivity contribution in [1.82, 2.24) is 14.5 Å². The minimum atomic E-state index is -0.487. The fourth-order valence-electron chi connectivity index (χ4n) is 3.54. The highest BCUT2D eigenvalue weighted by Gasteiger charge is 2.30. The third kappa shape index (κ3) is 3.44. The molecule has 0 aliphatic carbocycles. The fraction of sp³-hybridized carbons (Fsp3) is 0.556. The third-order valence-corrected chi connectivity index (χ3v) is 5.27. The Morgan fingerprint density at radius 3 is 2.96 bits per heavy atom. The summed E-state index contributed by atoms with van der Waals surface area (Å²) in [5.41, 5.74) is 1.93. The minimum absolute atomic E-state index is 0.0648. The predicted molar refractivity (Wildman–Crippen MR) is 98.0 cm³/mol. The van der Waals surface area contributed by atoms with Gasteiger partial charge in [0, 0.05) is 6.54 Å². The van der Waals surface area contributed by atoms with Crippen LogP contribution in [0.15, 0.2) is 24.3 Å². The van der Waals surface area contributed by atoms with Crippen LogP contribution in [0, 0.1) is 0 Å². The number of imidazole rings is 1. The smallest absolute Gasteiger partial charge is 0.242 e. The molecule has 2 unspecified atom stereocenters. The number of piperidine rings is 1. The molecule has 1 aliphatic heterocycles. The molecule has 2 atom stereocenters. The molecule has 0 saturated carbocycles. The van der Waals surface area contributed by atoms with E-state index in [9.17, 15) is 9.90 Å². The van der Waals surface area contributed by atoms with Gasteiger partial charge >= 0.3 is 0 Å². The Morgan fingerprint density at radius 2 is 2.21 bits per heavy atom. The number of nitrogens with zero attached hydrogens (tertiary/aromatic N) is 3. The summed E-state index contributed by atoms with van der Waals surface area (Å²) in [6, 6.07) is 7.89. The van der Waals surface area contributed by atoms with E-state index in [1.54, 1.807) is 18.7 Å². The zero-order chi connectivity index (χ0) is 17.1. The number of amides is 1. The fourth-order valence-corrected chi connectivity index (χ4v) is 4.01. The lowest BCUT2D eigenvalue weighted by atomic mass is 9.98. The summed E-state index contributed by atoms with van der Waals surface area (Å²) in [4.78, 5) is 19.5. The third-order valence-electron chi connectivity index (χ3n) is 4.73. The molecule has 24 heavy (non-hydrogen) atoms. The van der Waals surface area contributed by atoms with Crippen LogP contribution in [0.1, 0.15) is 32.0 Å². The summed E-state index contributed by atoms with van der Waals surface area (Å²) in [6.45, 7) is 2.81. The van der Waals surface area contributed by atoms with E-state index in [1.165, 1.54) is 0 Å². The number of aromatic nitrogens is 2. The Balaban J connectivity index is 1.88. The zero-order valence-corrected chi connectivity index (χ0v) is 15.1. The van der Waals surface area contributed by atoms with Crippen LogP contribution in [0.25, 0.3) is 11.0 Å². The van der Waals surface area contributed by atoms with Gasteiger partial charge in [-0.3, -0.25) is 4.79 Å². The Kier molecular flexibility index (Phi) is 5.46. The van der Waals surface area contributed by atoms with E-state index in [4.69, 9.17) is 0 Å². The molecule has 2 aromatic rings. The first-order chi connectivity index (χ1) is 11.6. The van der Waals surface area contributed by atoms with E-state index in [0.717, 1.165) is 48.4 Å². The number of fused-ring (bicyclic) bond motifs is 1. The molecule has 1 aliphatic rings. The molecule has 1 aromatic carbocycles. The normalized spacial score (nSPS) is 19.6. The molecule has 6 heteroatoms. The minimum Gasteiger partial charge on any atom is -0.391 e. The molecule has 0 radical (unpaired) electrons. The van der Waals surface area contributed by atoms with Crippen molar-refractivity contribution >= 4 is 28.7 Å². The number of rotatable bonds is 5. The highest BCUT2D eigenvalue weighted by atomic mass is 32.2. The van der Waals surface area contributed by atoms with Gasteiger partial charge in [0.05, 0.1) is 28.9 Å². The monoisotopic (exact) mass is 347 g/mol. The summed E-state index contributed by atoms with van der Waals surface area (Å²) in [5.74, 6) is 1.79. The molecule has 0 bridgehead atoms. The number of likely N-dealkylation sites (tertiary alicyclic amines) is 1. The van der Waals surface area contributed by atoms with Crippen LogP contribution in [-0.4, -0.2) is 50.4 Å². The van der Waals surface area contributed by atoms with Crippen molar-refractivity contribution < 1.29 is 9.90 Å². The molecule has 3 rings (SSSR count). The van der Waals surface area contributed by atoms with E-state index < -0.39 is 6.10 Å². The summed E-state index contributed by atoms with van der Waals surface area (Å²) in [6.07, 6.45) is 4.52. The van der Waals surface area contributed by atoms with Crippen LogP contribution in [-0.2, 0) is 17.1 Å². The average molecular weight is 347 g/mol. The number of hydrogen-bond donors (Lipinski definition) is 1. The molecule has 2 heterocycles. The molecule has 1 saturated heterocycles. The number of benzene rings is 1. The van der Waals surface area contributed by atoms with Crippen molar-refractivity contribution in [3.63, 3.8) is 0 Å². The van der Waals surface area contributed by atoms with Crippen molar-refractivity contribution in [2.24, 2.45) is 0 Å². The summed E-state index contributed by atoms with van der Waals surface area (Å²) >= 11 is 1.70. The number of thioether (sulfide) groups is 1. The van der Waals surface area contributed by atoms with Crippen LogP contribution in [0.3, 0.4) is 0 Å². The van der Waals surface area contributed by atoms with Gasteiger partial charge in [-0.1, -0.05) is 12.1 Å². The van der Waals surface area contributed by atoms with Gasteiger partial charge in [0.2, 0.25) is 5.91 Å². The second kappa shape index (κ2) is 7.57. The van der Waals surface area contributed by atoms with E-state index in [0.29, 0.717) is 6.54 Å². The van der Waals surface area contributed by atoms with Gasteiger partial charge in [-0.05, 0) is 44.6 Å². The Labute approximate surface area is 147 Å². The van der Waals surface area contributed by atoms with Gasteiger partial charge < -0.3 is 14.6 Å².